The molecule has 0 saturated carbocycles. The number of aryl methyl sites for hydroxylation is 1. The van der Waals surface area contributed by atoms with Gasteiger partial charge in [-0.2, -0.15) is 5.10 Å². The van der Waals surface area contributed by atoms with Crippen molar-refractivity contribution in [1.29, 1.82) is 0 Å². The molecule has 0 bridgehead atoms. The Hall–Kier alpha value is -2.93. The molecule has 0 aliphatic carbocycles. The highest BCUT2D eigenvalue weighted by Gasteiger charge is 2.04. The van der Waals surface area contributed by atoms with Crippen LogP contribution in [-0.4, -0.2) is 27.5 Å². The summed E-state index contributed by atoms with van der Waals surface area (Å²) < 4.78 is 0. The van der Waals surface area contributed by atoms with Crippen molar-refractivity contribution in [2.24, 2.45) is 5.10 Å². The van der Waals surface area contributed by atoms with Gasteiger partial charge in [-0.1, -0.05) is 17.7 Å². The van der Waals surface area contributed by atoms with Crippen molar-refractivity contribution in [3.8, 4) is 5.75 Å². The summed E-state index contributed by atoms with van der Waals surface area (Å²) in [5, 5.41) is 25.6. The zero-order chi connectivity index (χ0) is 16.8. The third-order valence-electron chi connectivity index (χ3n) is 2.92. The molecule has 118 valence electrons. The van der Waals surface area contributed by atoms with Gasteiger partial charge >= 0.3 is 5.97 Å². The van der Waals surface area contributed by atoms with E-state index in [-0.39, 0.29) is 16.4 Å². The standard InChI is InChI=1S/C16H15N3O3S/c1-10-5-6-14(20)12(7-10)9-17-19-16(23)18-13-4-2-3-11(8-13)15(21)22/h2-9,20H,1H3,(H,21,22)(H2,18,19,23). The predicted molar refractivity (Wildman–Crippen MR) is 93.2 cm³/mol. The Kier molecular flexibility index (Phi) is 5.27. The third-order valence-corrected chi connectivity index (χ3v) is 3.11. The van der Waals surface area contributed by atoms with Gasteiger partial charge in [0.05, 0.1) is 11.8 Å². The van der Waals surface area contributed by atoms with Crippen LogP contribution < -0.4 is 10.7 Å². The number of hydrazone groups is 1. The van der Waals surface area contributed by atoms with Gasteiger partial charge in [-0.15, -0.1) is 0 Å². The average molecular weight is 329 g/mol. The molecule has 0 fully saturated rings. The summed E-state index contributed by atoms with van der Waals surface area (Å²) in [5.41, 5.74) is 4.86. The molecule has 4 N–H and O–H groups in total. The smallest absolute Gasteiger partial charge is 0.335 e. The Morgan fingerprint density at radius 2 is 2.04 bits per heavy atom. The predicted octanol–water partition coefficient (Wildman–Crippen LogP) is 2.72. The molecule has 0 heterocycles. The number of carbonyl (C=O) groups is 1. The monoisotopic (exact) mass is 329 g/mol. The van der Waals surface area contributed by atoms with E-state index in [1.807, 2.05) is 6.92 Å². The normalized spacial score (nSPS) is 10.5. The number of thiocarbonyl (C=S) groups is 1. The lowest BCUT2D eigenvalue weighted by atomic mass is 10.1. The van der Waals surface area contributed by atoms with Crippen molar-refractivity contribution in [3.63, 3.8) is 0 Å². The summed E-state index contributed by atoms with van der Waals surface area (Å²) in [6, 6.07) is 11.4. The molecule has 6 nitrogen and oxygen atoms in total. The van der Waals surface area contributed by atoms with Gasteiger partial charge < -0.3 is 15.5 Å². The van der Waals surface area contributed by atoms with E-state index in [1.54, 1.807) is 30.3 Å². The van der Waals surface area contributed by atoms with Crippen molar-refractivity contribution in [3.05, 3.63) is 59.2 Å². The summed E-state index contributed by atoms with van der Waals surface area (Å²) in [4.78, 5) is 10.9. The fourth-order valence-corrected chi connectivity index (χ4v) is 2.00. The van der Waals surface area contributed by atoms with E-state index in [1.165, 1.54) is 18.3 Å². The van der Waals surface area contributed by atoms with E-state index in [2.05, 4.69) is 15.8 Å². The number of rotatable bonds is 4. The van der Waals surface area contributed by atoms with Gasteiger partial charge in [-0.3, -0.25) is 5.43 Å². The molecule has 7 heteroatoms. The van der Waals surface area contributed by atoms with Crippen molar-refractivity contribution in [1.82, 2.24) is 5.43 Å². The van der Waals surface area contributed by atoms with Crippen molar-refractivity contribution in [2.45, 2.75) is 6.92 Å². The Balaban J connectivity index is 1.97. The van der Waals surface area contributed by atoms with E-state index in [0.717, 1.165) is 5.56 Å². The molecule has 0 aliphatic heterocycles. The average Bonchev–Trinajstić information content (AvgIpc) is 2.51. The zero-order valence-corrected chi connectivity index (χ0v) is 13.1. The first-order valence-electron chi connectivity index (χ1n) is 6.69. The molecule has 0 aromatic heterocycles. The molecule has 0 aliphatic rings. The van der Waals surface area contributed by atoms with Crippen molar-refractivity contribution < 1.29 is 15.0 Å². The maximum atomic E-state index is 10.9. The fourth-order valence-electron chi connectivity index (χ4n) is 1.83. The molecule has 0 saturated heterocycles. The number of phenols is 1. The van der Waals surface area contributed by atoms with Gasteiger partial charge in [0.2, 0.25) is 0 Å². The van der Waals surface area contributed by atoms with Crippen LogP contribution in [0.1, 0.15) is 21.5 Å². The number of aromatic carboxylic acids is 1. The lowest BCUT2D eigenvalue weighted by molar-refractivity contribution is 0.0697. The molecule has 23 heavy (non-hydrogen) atoms. The largest absolute Gasteiger partial charge is 0.507 e. The lowest BCUT2D eigenvalue weighted by Gasteiger charge is -2.07. The number of phenolic OH excluding ortho intramolecular Hbond substituents is 1. The Labute approximate surface area is 138 Å². The molecular formula is C16H15N3O3S. The number of hydrogen-bond donors (Lipinski definition) is 4. The second kappa shape index (κ2) is 7.37. The van der Waals surface area contributed by atoms with E-state index in [9.17, 15) is 9.90 Å². The topological polar surface area (TPSA) is 94.0 Å². The molecular weight excluding hydrogens is 314 g/mol. The van der Waals surface area contributed by atoms with Crippen LogP contribution >= 0.6 is 12.2 Å². The Morgan fingerprint density at radius 3 is 2.78 bits per heavy atom. The maximum Gasteiger partial charge on any atom is 0.335 e. The van der Waals surface area contributed by atoms with E-state index in [4.69, 9.17) is 17.3 Å². The SMILES string of the molecule is Cc1ccc(O)c(C=NNC(=S)Nc2cccc(C(=O)O)c2)c1. The second-order valence-corrected chi connectivity index (χ2v) is 5.18. The lowest BCUT2D eigenvalue weighted by Crippen LogP contribution is -2.24. The van der Waals surface area contributed by atoms with Gasteiger partial charge in [0.15, 0.2) is 5.11 Å². The quantitative estimate of drug-likeness (QED) is 0.391. The molecule has 0 spiro atoms. The number of benzene rings is 2. The van der Waals surface area contributed by atoms with Crippen LogP contribution in [0.2, 0.25) is 0 Å². The number of nitrogens with zero attached hydrogens (tertiary/aromatic N) is 1. The molecule has 0 radical (unpaired) electrons. The van der Waals surface area contributed by atoms with Crippen molar-refractivity contribution in [2.75, 3.05) is 5.32 Å². The third kappa shape index (κ3) is 4.79. The van der Waals surface area contributed by atoms with Crippen LogP contribution in [-0.2, 0) is 0 Å². The van der Waals surface area contributed by atoms with Crippen LogP contribution in [0, 0.1) is 6.92 Å². The second-order valence-electron chi connectivity index (χ2n) is 4.77. The van der Waals surface area contributed by atoms with E-state index >= 15 is 0 Å². The first-order chi connectivity index (χ1) is 11.0. The van der Waals surface area contributed by atoms with Crippen molar-refractivity contribution >= 4 is 35.2 Å². The van der Waals surface area contributed by atoms with Crippen LogP contribution in [0.3, 0.4) is 0 Å². The molecule has 0 amide bonds. The van der Waals surface area contributed by atoms with Gasteiger partial charge in [-0.05, 0) is 49.5 Å². The fraction of sp³-hybridized carbons (Fsp3) is 0.0625. The molecule has 2 aromatic carbocycles. The summed E-state index contributed by atoms with van der Waals surface area (Å²) in [6.07, 6.45) is 1.45. The van der Waals surface area contributed by atoms with E-state index < -0.39 is 5.97 Å². The van der Waals surface area contributed by atoms with Crippen LogP contribution in [0.4, 0.5) is 5.69 Å². The minimum atomic E-state index is -1.01. The number of hydrogen-bond acceptors (Lipinski definition) is 4. The summed E-state index contributed by atoms with van der Waals surface area (Å²) in [6.45, 7) is 1.91. The minimum absolute atomic E-state index is 0.120. The summed E-state index contributed by atoms with van der Waals surface area (Å²) in [7, 11) is 0. The van der Waals surface area contributed by atoms with Gasteiger partial charge in [-0.25, -0.2) is 4.79 Å². The number of carboxylic acids is 1. The van der Waals surface area contributed by atoms with Gasteiger partial charge in [0.1, 0.15) is 5.75 Å². The molecule has 0 unspecified atom stereocenters. The molecule has 2 aromatic rings. The highest BCUT2D eigenvalue weighted by Crippen LogP contribution is 2.15. The first-order valence-corrected chi connectivity index (χ1v) is 7.09. The summed E-state index contributed by atoms with van der Waals surface area (Å²) >= 11 is 5.07. The zero-order valence-electron chi connectivity index (χ0n) is 12.3. The van der Waals surface area contributed by atoms with Gasteiger partial charge in [0, 0.05) is 11.3 Å². The summed E-state index contributed by atoms with van der Waals surface area (Å²) in [5.74, 6) is -0.894. The first kappa shape index (κ1) is 16.4. The number of aromatic hydroxyl groups is 1. The van der Waals surface area contributed by atoms with Gasteiger partial charge in [0.25, 0.3) is 0 Å². The molecule has 2 rings (SSSR count). The van der Waals surface area contributed by atoms with Crippen LogP contribution in [0.25, 0.3) is 0 Å². The maximum absolute atomic E-state index is 10.9. The Morgan fingerprint density at radius 1 is 1.26 bits per heavy atom. The number of anilines is 1. The minimum Gasteiger partial charge on any atom is -0.507 e. The van der Waals surface area contributed by atoms with E-state index in [0.29, 0.717) is 11.3 Å². The number of carboxylic acid groups (broad SMARTS) is 1. The molecule has 0 atom stereocenters. The van der Waals surface area contributed by atoms with Crippen LogP contribution in [0.5, 0.6) is 5.75 Å². The number of nitrogens with one attached hydrogen (secondary N) is 2. The highest BCUT2D eigenvalue weighted by atomic mass is 32.1. The Bertz CT molecular complexity index is 775. The van der Waals surface area contributed by atoms with Crippen LogP contribution in [0.15, 0.2) is 47.6 Å². The highest BCUT2D eigenvalue weighted by molar-refractivity contribution is 7.80.